The molecule has 0 saturated carbocycles. The third-order valence-electron chi connectivity index (χ3n) is 3.92. The summed E-state index contributed by atoms with van der Waals surface area (Å²) in [6, 6.07) is 6.07. The minimum Gasteiger partial charge on any atom is -0.405 e. The van der Waals surface area contributed by atoms with Crippen molar-refractivity contribution in [2.45, 2.75) is 26.3 Å². The van der Waals surface area contributed by atoms with Gasteiger partial charge in [-0.25, -0.2) is 4.99 Å². The van der Waals surface area contributed by atoms with E-state index in [9.17, 15) is 13.2 Å². The molecule has 1 fully saturated rings. The maximum atomic E-state index is 12.5. The van der Waals surface area contributed by atoms with E-state index in [1.165, 1.54) is 12.1 Å². The third-order valence-corrected chi connectivity index (χ3v) is 3.92. The van der Waals surface area contributed by atoms with E-state index in [1.807, 2.05) is 6.92 Å². The second kappa shape index (κ2) is 10.8. The van der Waals surface area contributed by atoms with Crippen LogP contribution in [0.4, 0.5) is 13.2 Å². The van der Waals surface area contributed by atoms with Gasteiger partial charge in [0.2, 0.25) is 0 Å². The van der Waals surface area contributed by atoms with Crippen LogP contribution in [-0.4, -0.2) is 50.6 Å². The second-order valence-corrected chi connectivity index (χ2v) is 5.88. The molecule has 0 amide bonds. The van der Waals surface area contributed by atoms with Crippen LogP contribution in [0.1, 0.15) is 18.9 Å². The highest BCUT2D eigenvalue weighted by Gasteiger charge is 2.32. The number of aliphatic imine (C=N–C) groups is 1. The fraction of sp³-hybridized carbons (Fsp3) is 0.588. The van der Waals surface area contributed by atoms with E-state index in [2.05, 4.69) is 19.9 Å². The Bertz CT molecular complexity index is 585. The number of hydrogen-bond acceptors (Lipinski definition) is 3. The van der Waals surface area contributed by atoms with Gasteiger partial charge in [-0.3, -0.25) is 0 Å². The molecular formula is C17H25F3IN3O2. The Labute approximate surface area is 169 Å². The van der Waals surface area contributed by atoms with Crippen molar-refractivity contribution in [1.29, 1.82) is 0 Å². The van der Waals surface area contributed by atoms with Crippen molar-refractivity contribution >= 4 is 29.9 Å². The molecule has 1 atom stereocenters. The molecule has 1 aliphatic rings. The molecule has 148 valence electrons. The van der Waals surface area contributed by atoms with Crippen molar-refractivity contribution in [2.75, 3.05) is 33.4 Å². The number of ether oxygens (including phenoxy) is 2. The minimum absolute atomic E-state index is 0. The number of benzene rings is 1. The number of nitrogens with one attached hydrogen (secondary N) is 1. The van der Waals surface area contributed by atoms with E-state index in [0.29, 0.717) is 30.6 Å². The largest absolute Gasteiger partial charge is 0.573 e. The first kappa shape index (κ1) is 22.8. The Morgan fingerprint density at radius 3 is 2.73 bits per heavy atom. The molecule has 9 heteroatoms. The van der Waals surface area contributed by atoms with E-state index in [1.54, 1.807) is 19.2 Å². The summed E-state index contributed by atoms with van der Waals surface area (Å²) < 4.78 is 46.8. The first-order chi connectivity index (χ1) is 11.9. The number of guanidine groups is 1. The summed E-state index contributed by atoms with van der Waals surface area (Å²) in [5.74, 6) is 0.922. The molecule has 0 spiro atoms. The number of rotatable bonds is 6. The van der Waals surface area contributed by atoms with E-state index >= 15 is 0 Å². The van der Waals surface area contributed by atoms with E-state index in [4.69, 9.17) is 4.74 Å². The van der Waals surface area contributed by atoms with Crippen LogP contribution in [0.15, 0.2) is 29.3 Å². The van der Waals surface area contributed by atoms with Crippen molar-refractivity contribution < 1.29 is 22.6 Å². The topological polar surface area (TPSA) is 46.1 Å². The van der Waals surface area contributed by atoms with Crippen LogP contribution in [-0.2, 0) is 11.3 Å². The van der Waals surface area contributed by atoms with Crippen LogP contribution >= 0.6 is 24.0 Å². The summed E-state index contributed by atoms with van der Waals surface area (Å²) in [5.41, 5.74) is 0.392. The van der Waals surface area contributed by atoms with E-state index < -0.39 is 6.36 Å². The summed E-state index contributed by atoms with van der Waals surface area (Å²) in [6.07, 6.45) is -3.71. The summed E-state index contributed by atoms with van der Waals surface area (Å²) in [4.78, 5) is 6.61. The zero-order valence-corrected chi connectivity index (χ0v) is 17.2. The lowest BCUT2D eigenvalue weighted by Crippen LogP contribution is -2.40. The van der Waals surface area contributed by atoms with Gasteiger partial charge in [0.25, 0.3) is 0 Å². The Morgan fingerprint density at radius 1 is 1.35 bits per heavy atom. The van der Waals surface area contributed by atoms with Gasteiger partial charge in [0, 0.05) is 38.2 Å². The van der Waals surface area contributed by atoms with E-state index in [-0.39, 0.29) is 36.3 Å². The van der Waals surface area contributed by atoms with Gasteiger partial charge in [0.1, 0.15) is 5.75 Å². The van der Waals surface area contributed by atoms with Crippen LogP contribution < -0.4 is 10.1 Å². The van der Waals surface area contributed by atoms with Gasteiger partial charge in [-0.2, -0.15) is 0 Å². The number of nitrogens with zero attached hydrogens (tertiary/aromatic N) is 2. The lowest BCUT2D eigenvalue weighted by molar-refractivity contribution is -0.274. The van der Waals surface area contributed by atoms with Crippen LogP contribution in [0.25, 0.3) is 0 Å². The molecule has 0 radical (unpaired) electrons. The average Bonchev–Trinajstić information content (AvgIpc) is 3.00. The Morgan fingerprint density at radius 2 is 2.08 bits per heavy atom. The first-order valence-corrected chi connectivity index (χ1v) is 8.28. The summed E-state index contributed by atoms with van der Waals surface area (Å²) in [6.45, 7) is 5.11. The monoisotopic (exact) mass is 487 g/mol. The SMILES string of the molecule is CCNC(=NCc1ccccc1OC(F)(F)F)N1CCC(COC)C1.I. The summed E-state index contributed by atoms with van der Waals surface area (Å²) >= 11 is 0. The zero-order chi connectivity index (χ0) is 18.3. The van der Waals surface area contributed by atoms with Crippen molar-refractivity contribution in [1.82, 2.24) is 10.2 Å². The number of alkyl halides is 3. The standard InChI is InChI=1S/C17H24F3N3O2.HI/c1-3-21-16(23-9-8-13(11-23)12-24-2)22-10-14-6-4-5-7-15(14)25-17(18,19)20;/h4-7,13H,3,8-12H2,1-2H3,(H,21,22);1H. The molecule has 1 aromatic carbocycles. The van der Waals surface area contributed by atoms with Gasteiger partial charge in [-0.05, 0) is 19.4 Å². The van der Waals surface area contributed by atoms with Crippen LogP contribution in [0.3, 0.4) is 0 Å². The lowest BCUT2D eigenvalue weighted by Gasteiger charge is -2.22. The van der Waals surface area contributed by atoms with Crippen LogP contribution in [0, 0.1) is 5.92 Å². The first-order valence-electron chi connectivity index (χ1n) is 8.28. The summed E-state index contributed by atoms with van der Waals surface area (Å²) in [5, 5.41) is 3.20. The van der Waals surface area contributed by atoms with Crippen LogP contribution in [0.2, 0.25) is 0 Å². The van der Waals surface area contributed by atoms with Crippen LogP contribution in [0.5, 0.6) is 5.75 Å². The van der Waals surface area contributed by atoms with Gasteiger partial charge in [-0.1, -0.05) is 18.2 Å². The Balaban J connectivity index is 0.00000338. The molecule has 1 unspecified atom stereocenters. The normalized spacial score (nSPS) is 17.8. The quantitative estimate of drug-likeness (QED) is 0.378. The zero-order valence-electron chi connectivity index (χ0n) is 14.9. The molecule has 1 N–H and O–H groups in total. The molecule has 0 bridgehead atoms. The maximum Gasteiger partial charge on any atom is 0.573 e. The molecule has 1 saturated heterocycles. The lowest BCUT2D eigenvalue weighted by atomic mass is 10.1. The summed E-state index contributed by atoms with van der Waals surface area (Å²) in [7, 11) is 1.68. The number of likely N-dealkylation sites (tertiary alicyclic amines) is 1. The predicted molar refractivity (Wildman–Crippen MR) is 105 cm³/mol. The van der Waals surface area contributed by atoms with Crippen molar-refractivity contribution in [2.24, 2.45) is 10.9 Å². The Kier molecular flexibility index (Phi) is 9.48. The minimum atomic E-state index is -4.72. The fourth-order valence-corrected chi connectivity index (χ4v) is 2.84. The molecule has 1 aliphatic heterocycles. The molecule has 0 aliphatic carbocycles. The van der Waals surface area contributed by atoms with E-state index in [0.717, 1.165) is 19.5 Å². The van der Waals surface area contributed by atoms with Gasteiger partial charge in [0.05, 0.1) is 13.2 Å². The molecule has 2 rings (SSSR count). The second-order valence-electron chi connectivity index (χ2n) is 5.88. The van der Waals surface area contributed by atoms with Gasteiger partial charge in [0.15, 0.2) is 5.96 Å². The third kappa shape index (κ3) is 7.18. The predicted octanol–water partition coefficient (Wildman–Crippen LogP) is 3.64. The van der Waals surface area contributed by atoms with Gasteiger partial charge in [-0.15, -0.1) is 37.1 Å². The highest BCUT2D eigenvalue weighted by Crippen LogP contribution is 2.27. The van der Waals surface area contributed by atoms with Crippen molar-refractivity contribution in [3.8, 4) is 5.75 Å². The smallest absolute Gasteiger partial charge is 0.405 e. The highest BCUT2D eigenvalue weighted by molar-refractivity contribution is 14.0. The maximum absolute atomic E-state index is 12.5. The molecule has 0 aromatic heterocycles. The molecule has 26 heavy (non-hydrogen) atoms. The molecule has 1 aromatic rings. The fourth-order valence-electron chi connectivity index (χ4n) is 2.84. The highest BCUT2D eigenvalue weighted by atomic mass is 127. The number of hydrogen-bond donors (Lipinski definition) is 1. The number of para-hydroxylation sites is 1. The molecule has 1 heterocycles. The molecular weight excluding hydrogens is 462 g/mol. The Hall–Kier alpha value is -1.23. The number of halogens is 4. The van der Waals surface area contributed by atoms with Crippen molar-refractivity contribution in [3.63, 3.8) is 0 Å². The van der Waals surface area contributed by atoms with Gasteiger partial charge < -0.3 is 19.7 Å². The molecule has 5 nitrogen and oxygen atoms in total. The average molecular weight is 487 g/mol. The number of methoxy groups -OCH3 is 1. The van der Waals surface area contributed by atoms with Gasteiger partial charge >= 0.3 is 6.36 Å². The van der Waals surface area contributed by atoms with Crippen molar-refractivity contribution in [3.05, 3.63) is 29.8 Å².